The minimum absolute atomic E-state index is 0.477. The number of hydrogen-bond acceptors (Lipinski definition) is 1. The molecule has 0 aromatic carbocycles. The van der Waals surface area contributed by atoms with Crippen LogP contribution < -0.4 is 0 Å². The molecule has 11 heavy (non-hydrogen) atoms. The molecule has 0 saturated heterocycles. The van der Waals surface area contributed by atoms with Crippen LogP contribution in [0.25, 0.3) is 0 Å². The second-order valence-corrected chi connectivity index (χ2v) is 2.38. The van der Waals surface area contributed by atoms with E-state index in [0.29, 0.717) is 5.92 Å². The average Bonchev–Trinajstić information content (AvgIpc) is 1.96. The zero-order valence-corrected chi connectivity index (χ0v) is 7.07. The first-order valence-electron chi connectivity index (χ1n) is 3.60. The van der Waals surface area contributed by atoms with Gasteiger partial charge in [-0.15, -0.1) is 0 Å². The van der Waals surface area contributed by atoms with Gasteiger partial charge in [0.1, 0.15) is 6.34 Å². The summed E-state index contributed by atoms with van der Waals surface area (Å²) in [5.41, 5.74) is 0. The van der Waals surface area contributed by atoms with Crippen LogP contribution in [-0.4, -0.2) is 12.6 Å². The molecule has 0 aromatic rings. The van der Waals surface area contributed by atoms with Crippen molar-refractivity contribution in [3.8, 4) is 0 Å². The van der Waals surface area contributed by atoms with Gasteiger partial charge in [-0.25, -0.2) is 9.98 Å². The summed E-state index contributed by atoms with van der Waals surface area (Å²) in [6, 6.07) is 0. The van der Waals surface area contributed by atoms with Crippen LogP contribution in [0.15, 0.2) is 34.9 Å². The topological polar surface area (TPSA) is 24.7 Å². The highest BCUT2D eigenvalue weighted by Crippen LogP contribution is 1.83. The van der Waals surface area contributed by atoms with Gasteiger partial charge in [-0.1, -0.05) is 26.5 Å². The van der Waals surface area contributed by atoms with Crippen molar-refractivity contribution in [1.29, 1.82) is 0 Å². The first kappa shape index (κ1) is 9.82. The third-order valence-electron chi connectivity index (χ3n) is 0.826. The van der Waals surface area contributed by atoms with Crippen LogP contribution in [0, 0.1) is 5.92 Å². The fourth-order valence-electron chi connectivity index (χ4n) is 0.398. The summed E-state index contributed by atoms with van der Waals surface area (Å²) < 4.78 is 0. The maximum atomic E-state index is 3.94. The van der Waals surface area contributed by atoms with Crippen LogP contribution in [0.2, 0.25) is 0 Å². The monoisotopic (exact) mass is 150 g/mol. The molecule has 0 fully saturated rings. The highest BCUT2D eigenvalue weighted by atomic mass is 14.8. The second kappa shape index (κ2) is 6.93. The first-order valence-corrected chi connectivity index (χ1v) is 3.60. The first-order chi connectivity index (χ1) is 5.27. The predicted octanol–water partition coefficient (Wildman–Crippen LogP) is 2.44. The van der Waals surface area contributed by atoms with Crippen molar-refractivity contribution >= 4 is 12.6 Å². The van der Waals surface area contributed by atoms with Gasteiger partial charge in [-0.05, 0) is 12.0 Å². The fraction of sp³-hybridized carbons (Fsp3) is 0.333. The Labute approximate surface area is 68.1 Å². The lowest BCUT2D eigenvalue weighted by Crippen LogP contribution is -1.85. The summed E-state index contributed by atoms with van der Waals surface area (Å²) >= 11 is 0. The Kier molecular flexibility index (Phi) is 6.19. The standard InChI is InChI=1S/C9H14N2/c1-4-5-6-10-8-11-7-9(2)3/h4-9H,1H2,2-3H3/b6-5-,10-8-,11-7+. The van der Waals surface area contributed by atoms with Crippen LogP contribution in [0.3, 0.4) is 0 Å². The normalized spacial score (nSPS) is 12.6. The Balaban J connectivity index is 3.59. The molecule has 2 nitrogen and oxygen atoms in total. The third kappa shape index (κ3) is 8.82. The van der Waals surface area contributed by atoms with E-state index in [0.717, 1.165) is 0 Å². The minimum Gasteiger partial charge on any atom is -0.249 e. The zero-order valence-electron chi connectivity index (χ0n) is 7.07. The van der Waals surface area contributed by atoms with Crippen molar-refractivity contribution in [1.82, 2.24) is 0 Å². The van der Waals surface area contributed by atoms with Crippen molar-refractivity contribution in [2.24, 2.45) is 15.9 Å². The Morgan fingerprint density at radius 3 is 2.55 bits per heavy atom. The van der Waals surface area contributed by atoms with Gasteiger partial charge in [0.25, 0.3) is 0 Å². The fourth-order valence-corrected chi connectivity index (χ4v) is 0.398. The van der Waals surface area contributed by atoms with Gasteiger partial charge in [0.2, 0.25) is 0 Å². The maximum absolute atomic E-state index is 3.94. The molecule has 0 bridgehead atoms. The van der Waals surface area contributed by atoms with E-state index in [-0.39, 0.29) is 0 Å². The van der Waals surface area contributed by atoms with Gasteiger partial charge in [-0.3, -0.25) is 0 Å². The van der Waals surface area contributed by atoms with E-state index in [4.69, 9.17) is 0 Å². The molecule has 0 aliphatic heterocycles. The van der Waals surface area contributed by atoms with Gasteiger partial charge in [0.05, 0.1) is 0 Å². The summed E-state index contributed by atoms with van der Waals surface area (Å²) in [5, 5.41) is 0. The molecule has 0 aromatic heterocycles. The van der Waals surface area contributed by atoms with E-state index in [1.165, 1.54) is 6.34 Å². The second-order valence-electron chi connectivity index (χ2n) is 2.38. The van der Waals surface area contributed by atoms with Crippen molar-refractivity contribution < 1.29 is 0 Å². The van der Waals surface area contributed by atoms with E-state index < -0.39 is 0 Å². The molecule has 0 radical (unpaired) electrons. The third-order valence-corrected chi connectivity index (χ3v) is 0.826. The van der Waals surface area contributed by atoms with Gasteiger partial charge in [-0.2, -0.15) is 0 Å². The number of allylic oxidation sites excluding steroid dienone is 2. The number of aliphatic imine (C=N–C) groups is 2. The number of rotatable bonds is 4. The number of nitrogens with zero attached hydrogens (tertiary/aromatic N) is 2. The summed E-state index contributed by atoms with van der Waals surface area (Å²) in [5.74, 6) is 0.477. The van der Waals surface area contributed by atoms with Crippen molar-refractivity contribution in [3.05, 3.63) is 24.9 Å². The molecule has 0 aliphatic rings. The number of hydrogen-bond donors (Lipinski definition) is 0. The highest BCUT2D eigenvalue weighted by Gasteiger charge is 1.79. The molecule has 0 aliphatic carbocycles. The van der Waals surface area contributed by atoms with Crippen molar-refractivity contribution in [2.75, 3.05) is 0 Å². The molecule has 0 atom stereocenters. The van der Waals surface area contributed by atoms with Gasteiger partial charge in [0.15, 0.2) is 0 Å². The summed E-state index contributed by atoms with van der Waals surface area (Å²) in [6.45, 7) is 7.64. The lowest BCUT2D eigenvalue weighted by molar-refractivity contribution is 0.909. The molecule has 0 N–H and O–H groups in total. The lowest BCUT2D eigenvalue weighted by Gasteiger charge is -1.87. The molecule has 60 valence electrons. The minimum atomic E-state index is 0.477. The Hall–Kier alpha value is -1.18. The van der Waals surface area contributed by atoms with E-state index in [9.17, 15) is 0 Å². The van der Waals surface area contributed by atoms with Crippen LogP contribution in [-0.2, 0) is 0 Å². The maximum Gasteiger partial charge on any atom is 0.114 e. The van der Waals surface area contributed by atoms with E-state index in [1.54, 1.807) is 18.4 Å². The van der Waals surface area contributed by atoms with Gasteiger partial charge in [0, 0.05) is 12.4 Å². The summed E-state index contributed by atoms with van der Waals surface area (Å²) in [4.78, 5) is 7.80. The molecule has 0 saturated carbocycles. The van der Waals surface area contributed by atoms with Crippen LogP contribution >= 0.6 is 0 Å². The predicted molar refractivity (Wildman–Crippen MR) is 51.2 cm³/mol. The highest BCUT2D eigenvalue weighted by molar-refractivity contribution is 5.73. The molecule has 0 unspecified atom stereocenters. The van der Waals surface area contributed by atoms with Crippen molar-refractivity contribution in [2.45, 2.75) is 13.8 Å². The molecule has 0 heterocycles. The lowest BCUT2D eigenvalue weighted by atomic mass is 10.3. The van der Waals surface area contributed by atoms with Gasteiger partial charge < -0.3 is 0 Å². The molecule has 0 amide bonds. The molecular formula is C9H14N2. The molecule has 2 heteroatoms. The van der Waals surface area contributed by atoms with Crippen LogP contribution in [0.1, 0.15) is 13.8 Å². The van der Waals surface area contributed by atoms with Crippen molar-refractivity contribution in [3.63, 3.8) is 0 Å². The van der Waals surface area contributed by atoms with E-state index >= 15 is 0 Å². The zero-order chi connectivity index (χ0) is 8.53. The smallest absolute Gasteiger partial charge is 0.114 e. The van der Waals surface area contributed by atoms with Crippen LogP contribution in [0.5, 0.6) is 0 Å². The molecule has 0 rings (SSSR count). The Bertz CT molecular complexity index is 176. The van der Waals surface area contributed by atoms with E-state index in [1.807, 2.05) is 6.21 Å². The Morgan fingerprint density at radius 2 is 2.00 bits per heavy atom. The average molecular weight is 150 g/mol. The Morgan fingerprint density at radius 1 is 1.27 bits per heavy atom. The molecular weight excluding hydrogens is 136 g/mol. The van der Waals surface area contributed by atoms with E-state index in [2.05, 4.69) is 30.4 Å². The summed E-state index contributed by atoms with van der Waals surface area (Å²) in [6.07, 6.45) is 8.42. The summed E-state index contributed by atoms with van der Waals surface area (Å²) in [7, 11) is 0. The van der Waals surface area contributed by atoms with Crippen LogP contribution in [0.4, 0.5) is 0 Å². The molecule has 0 spiro atoms. The quantitative estimate of drug-likeness (QED) is 0.334. The van der Waals surface area contributed by atoms with Gasteiger partial charge >= 0.3 is 0 Å². The SMILES string of the molecule is C=C\C=C/N=C\N=C\C(C)C. The largest absolute Gasteiger partial charge is 0.249 e.